The average Bonchev–Trinajstić information content (AvgIpc) is 2.66. The quantitative estimate of drug-likeness (QED) is 0.650. The first-order valence-electron chi connectivity index (χ1n) is 5.00. The summed E-state index contributed by atoms with van der Waals surface area (Å²) in [4.78, 5) is 14.2. The van der Waals surface area contributed by atoms with Crippen molar-refractivity contribution in [3.8, 4) is 0 Å². The van der Waals surface area contributed by atoms with E-state index in [0.29, 0.717) is 18.9 Å². The van der Waals surface area contributed by atoms with E-state index < -0.39 is 5.97 Å². The molecule has 0 saturated carbocycles. The molecule has 1 rings (SSSR count). The maximum atomic E-state index is 10.4. The standard InChI is InChI=1S/C9H15N3O3/c10-6-4-2-1-3-5-7-11-8(9(13)14)12-15-7/h1-6,10H2,(H,13,14). The Hall–Kier alpha value is -1.43. The zero-order valence-corrected chi connectivity index (χ0v) is 8.48. The van der Waals surface area contributed by atoms with Gasteiger partial charge in [-0.2, -0.15) is 4.98 Å². The zero-order chi connectivity index (χ0) is 11.1. The topological polar surface area (TPSA) is 102 Å². The summed E-state index contributed by atoms with van der Waals surface area (Å²) in [5, 5.41) is 11.9. The summed E-state index contributed by atoms with van der Waals surface area (Å²) in [6.07, 6.45) is 4.69. The van der Waals surface area contributed by atoms with Crippen LogP contribution in [0.15, 0.2) is 4.52 Å². The number of hydrogen-bond donors (Lipinski definition) is 2. The van der Waals surface area contributed by atoms with Gasteiger partial charge in [-0.3, -0.25) is 0 Å². The van der Waals surface area contributed by atoms with E-state index in [4.69, 9.17) is 15.4 Å². The van der Waals surface area contributed by atoms with Crippen molar-refractivity contribution >= 4 is 5.97 Å². The van der Waals surface area contributed by atoms with Crippen LogP contribution in [-0.2, 0) is 6.42 Å². The van der Waals surface area contributed by atoms with Gasteiger partial charge in [0, 0.05) is 6.42 Å². The Bertz CT molecular complexity index is 311. The lowest BCUT2D eigenvalue weighted by atomic mass is 10.1. The van der Waals surface area contributed by atoms with Gasteiger partial charge in [0.25, 0.3) is 5.82 Å². The number of nitrogens with two attached hydrogens (primary N) is 1. The molecule has 0 spiro atoms. The van der Waals surface area contributed by atoms with Crippen LogP contribution in [0, 0.1) is 0 Å². The van der Waals surface area contributed by atoms with Crippen LogP contribution in [0.4, 0.5) is 0 Å². The van der Waals surface area contributed by atoms with E-state index in [1.807, 2.05) is 0 Å². The van der Waals surface area contributed by atoms with Crippen LogP contribution in [0.3, 0.4) is 0 Å². The lowest BCUT2D eigenvalue weighted by Gasteiger charge is -1.95. The first kappa shape index (κ1) is 11.6. The third kappa shape index (κ3) is 4.07. The Labute approximate surface area is 87.5 Å². The summed E-state index contributed by atoms with van der Waals surface area (Å²) in [5.41, 5.74) is 5.35. The fourth-order valence-electron chi connectivity index (χ4n) is 1.22. The van der Waals surface area contributed by atoms with Crippen LogP contribution in [0.1, 0.15) is 42.2 Å². The highest BCUT2D eigenvalue weighted by Gasteiger charge is 2.11. The molecule has 1 aromatic rings. The normalized spacial score (nSPS) is 10.5. The third-order valence-electron chi connectivity index (χ3n) is 2.00. The Morgan fingerprint density at radius 2 is 2.07 bits per heavy atom. The average molecular weight is 213 g/mol. The van der Waals surface area contributed by atoms with Gasteiger partial charge in [-0.1, -0.05) is 12.8 Å². The molecule has 6 heteroatoms. The summed E-state index contributed by atoms with van der Waals surface area (Å²) in [6, 6.07) is 0. The van der Waals surface area contributed by atoms with Gasteiger partial charge in [0.2, 0.25) is 5.89 Å². The number of carboxylic acid groups (broad SMARTS) is 1. The summed E-state index contributed by atoms with van der Waals surface area (Å²) >= 11 is 0. The van der Waals surface area contributed by atoms with Gasteiger partial charge in [-0.05, 0) is 24.5 Å². The highest BCUT2D eigenvalue weighted by Crippen LogP contribution is 2.05. The molecule has 0 radical (unpaired) electrons. The lowest BCUT2D eigenvalue weighted by Crippen LogP contribution is -1.99. The van der Waals surface area contributed by atoms with E-state index in [-0.39, 0.29) is 5.82 Å². The molecule has 0 amide bonds. The molecule has 1 aromatic heterocycles. The minimum absolute atomic E-state index is 0.271. The molecule has 0 aromatic carbocycles. The Morgan fingerprint density at radius 3 is 2.67 bits per heavy atom. The number of aromatic carboxylic acids is 1. The summed E-state index contributed by atoms with van der Waals surface area (Å²) in [6.45, 7) is 0.712. The summed E-state index contributed by atoms with van der Waals surface area (Å²) in [5.74, 6) is -1.04. The van der Waals surface area contributed by atoms with Crippen molar-refractivity contribution in [2.75, 3.05) is 6.54 Å². The monoisotopic (exact) mass is 213 g/mol. The molecule has 15 heavy (non-hydrogen) atoms. The van der Waals surface area contributed by atoms with Gasteiger partial charge >= 0.3 is 5.97 Å². The van der Waals surface area contributed by atoms with Crippen molar-refractivity contribution < 1.29 is 14.4 Å². The number of aryl methyl sites for hydroxylation is 1. The van der Waals surface area contributed by atoms with Crippen LogP contribution in [0.2, 0.25) is 0 Å². The first-order valence-corrected chi connectivity index (χ1v) is 5.00. The van der Waals surface area contributed by atoms with Crippen LogP contribution in [0.25, 0.3) is 0 Å². The molecule has 84 valence electrons. The van der Waals surface area contributed by atoms with Crippen LogP contribution in [0.5, 0.6) is 0 Å². The van der Waals surface area contributed by atoms with Crippen LogP contribution < -0.4 is 5.73 Å². The molecule has 0 unspecified atom stereocenters. The molecule has 1 heterocycles. The van der Waals surface area contributed by atoms with Crippen LogP contribution in [-0.4, -0.2) is 27.8 Å². The highest BCUT2D eigenvalue weighted by atomic mass is 16.5. The Balaban J connectivity index is 2.23. The van der Waals surface area contributed by atoms with E-state index in [1.165, 1.54) is 0 Å². The first-order chi connectivity index (χ1) is 7.24. The second-order valence-electron chi connectivity index (χ2n) is 3.27. The molecule has 0 atom stereocenters. The van der Waals surface area contributed by atoms with E-state index in [2.05, 4.69) is 10.1 Å². The summed E-state index contributed by atoms with van der Waals surface area (Å²) < 4.78 is 4.77. The van der Waals surface area contributed by atoms with Gasteiger partial charge in [0.15, 0.2) is 0 Å². The predicted octanol–water partition coefficient (Wildman–Crippen LogP) is 0.829. The zero-order valence-electron chi connectivity index (χ0n) is 8.48. The molecule has 0 fully saturated rings. The number of carboxylic acids is 1. The molecule has 6 nitrogen and oxygen atoms in total. The van der Waals surface area contributed by atoms with Crippen molar-refractivity contribution in [3.05, 3.63) is 11.7 Å². The van der Waals surface area contributed by atoms with Gasteiger partial charge < -0.3 is 15.4 Å². The highest BCUT2D eigenvalue weighted by molar-refractivity contribution is 5.82. The fraction of sp³-hybridized carbons (Fsp3) is 0.667. The molecule has 0 aliphatic rings. The molecule has 0 bridgehead atoms. The van der Waals surface area contributed by atoms with E-state index >= 15 is 0 Å². The maximum Gasteiger partial charge on any atom is 0.377 e. The molecular formula is C9H15N3O3. The lowest BCUT2D eigenvalue weighted by molar-refractivity contribution is 0.0680. The number of unbranched alkanes of at least 4 members (excludes halogenated alkanes) is 3. The number of carbonyl (C=O) groups is 1. The van der Waals surface area contributed by atoms with Crippen molar-refractivity contribution in [1.29, 1.82) is 0 Å². The minimum atomic E-state index is -1.16. The number of aromatic nitrogens is 2. The molecule has 0 aliphatic heterocycles. The van der Waals surface area contributed by atoms with Gasteiger partial charge in [-0.15, -0.1) is 0 Å². The second kappa shape index (κ2) is 6.13. The Kier molecular flexibility index (Phi) is 4.76. The molecular weight excluding hydrogens is 198 g/mol. The minimum Gasteiger partial charge on any atom is -0.475 e. The van der Waals surface area contributed by atoms with E-state index in [9.17, 15) is 4.79 Å². The second-order valence-corrected chi connectivity index (χ2v) is 3.27. The Morgan fingerprint density at radius 1 is 1.33 bits per heavy atom. The van der Waals surface area contributed by atoms with E-state index in [1.54, 1.807) is 0 Å². The predicted molar refractivity (Wildman–Crippen MR) is 52.5 cm³/mol. The molecule has 3 N–H and O–H groups in total. The smallest absolute Gasteiger partial charge is 0.377 e. The van der Waals surface area contributed by atoms with Crippen molar-refractivity contribution in [3.63, 3.8) is 0 Å². The third-order valence-corrected chi connectivity index (χ3v) is 2.00. The van der Waals surface area contributed by atoms with Crippen molar-refractivity contribution in [1.82, 2.24) is 10.1 Å². The molecule has 0 aliphatic carbocycles. The number of hydrogen-bond acceptors (Lipinski definition) is 5. The van der Waals surface area contributed by atoms with E-state index in [0.717, 1.165) is 25.7 Å². The fourth-order valence-corrected chi connectivity index (χ4v) is 1.22. The van der Waals surface area contributed by atoms with Gasteiger partial charge in [0.1, 0.15) is 0 Å². The van der Waals surface area contributed by atoms with Crippen LogP contribution >= 0.6 is 0 Å². The number of rotatable bonds is 7. The SMILES string of the molecule is NCCCCCCc1nc(C(=O)O)no1. The maximum absolute atomic E-state index is 10.4. The van der Waals surface area contributed by atoms with Crippen molar-refractivity contribution in [2.24, 2.45) is 5.73 Å². The number of nitrogens with zero attached hydrogens (tertiary/aromatic N) is 2. The van der Waals surface area contributed by atoms with Crippen molar-refractivity contribution in [2.45, 2.75) is 32.1 Å². The van der Waals surface area contributed by atoms with Gasteiger partial charge in [-0.25, -0.2) is 4.79 Å². The summed E-state index contributed by atoms with van der Waals surface area (Å²) in [7, 11) is 0. The largest absolute Gasteiger partial charge is 0.475 e. The molecule has 0 saturated heterocycles. The van der Waals surface area contributed by atoms with Gasteiger partial charge in [0.05, 0.1) is 0 Å².